The number of carbonyl (C=O) groups excluding carboxylic acids is 1. The number of likely N-dealkylation sites (tertiary alicyclic amines) is 1. The number of rotatable bonds is 2. The SMILES string of the molecule is C[C@@H]1CN(C(=O)C2CCCNC2)C[C@H]1C(=O)O. The van der Waals surface area contributed by atoms with Crippen molar-refractivity contribution < 1.29 is 14.7 Å². The van der Waals surface area contributed by atoms with Gasteiger partial charge in [0.1, 0.15) is 0 Å². The zero-order valence-corrected chi connectivity index (χ0v) is 10.2. The largest absolute Gasteiger partial charge is 0.481 e. The van der Waals surface area contributed by atoms with Gasteiger partial charge in [0, 0.05) is 19.6 Å². The molecule has 5 nitrogen and oxygen atoms in total. The van der Waals surface area contributed by atoms with Gasteiger partial charge in [0.25, 0.3) is 0 Å². The second-order valence-electron chi connectivity index (χ2n) is 5.21. The maximum absolute atomic E-state index is 12.2. The first-order valence-electron chi connectivity index (χ1n) is 6.32. The van der Waals surface area contributed by atoms with Gasteiger partial charge >= 0.3 is 5.97 Å². The molecule has 2 rings (SSSR count). The zero-order chi connectivity index (χ0) is 12.4. The third kappa shape index (κ3) is 2.60. The molecule has 2 saturated heterocycles. The summed E-state index contributed by atoms with van der Waals surface area (Å²) < 4.78 is 0. The molecule has 3 atom stereocenters. The Hall–Kier alpha value is -1.10. The molecule has 2 aliphatic heterocycles. The van der Waals surface area contributed by atoms with E-state index in [0.29, 0.717) is 13.1 Å². The second kappa shape index (κ2) is 5.04. The Bertz CT molecular complexity index is 313. The van der Waals surface area contributed by atoms with Gasteiger partial charge in [0.2, 0.25) is 5.91 Å². The van der Waals surface area contributed by atoms with Crippen molar-refractivity contribution >= 4 is 11.9 Å². The molecule has 1 unspecified atom stereocenters. The maximum Gasteiger partial charge on any atom is 0.308 e. The first-order chi connectivity index (χ1) is 8.09. The number of hydrogen-bond acceptors (Lipinski definition) is 3. The summed E-state index contributed by atoms with van der Waals surface area (Å²) >= 11 is 0. The minimum absolute atomic E-state index is 0.0449. The first kappa shape index (κ1) is 12.4. The van der Waals surface area contributed by atoms with Crippen molar-refractivity contribution in [2.75, 3.05) is 26.2 Å². The normalized spacial score (nSPS) is 33.7. The van der Waals surface area contributed by atoms with Crippen LogP contribution in [0.4, 0.5) is 0 Å². The molecule has 0 aromatic heterocycles. The van der Waals surface area contributed by atoms with Gasteiger partial charge in [-0.2, -0.15) is 0 Å². The topological polar surface area (TPSA) is 69.6 Å². The molecule has 17 heavy (non-hydrogen) atoms. The fourth-order valence-corrected chi connectivity index (χ4v) is 2.79. The van der Waals surface area contributed by atoms with E-state index in [-0.39, 0.29) is 17.7 Å². The zero-order valence-electron chi connectivity index (χ0n) is 10.2. The van der Waals surface area contributed by atoms with Gasteiger partial charge in [-0.1, -0.05) is 6.92 Å². The standard InChI is InChI=1S/C12H20N2O3/c1-8-6-14(7-10(8)12(16)17)11(15)9-3-2-4-13-5-9/h8-10,13H,2-7H2,1H3,(H,16,17)/t8-,9?,10-/m1/s1. The first-order valence-corrected chi connectivity index (χ1v) is 6.32. The number of carboxylic acids is 1. The molecule has 0 spiro atoms. The highest BCUT2D eigenvalue weighted by atomic mass is 16.4. The van der Waals surface area contributed by atoms with Gasteiger partial charge in [-0.15, -0.1) is 0 Å². The quantitative estimate of drug-likeness (QED) is 0.721. The van der Waals surface area contributed by atoms with Crippen molar-refractivity contribution in [1.82, 2.24) is 10.2 Å². The predicted molar refractivity (Wildman–Crippen MR) is 62.5 cm³/mol. The van der Waals surface area contributed by atoms with Crippen LogP contribution < -0.4 is 5.32 Å². The number of hydrogen-bond donors (Lipinski definition) is 2. The Labute approximate surface area is 101 Å². The van der Waals surface area contributed by atoms with Crippen LogP contribution in [0.3, 0.4) is 0 Å². The lowest BCUT2D eigenvalue weighted by Crippen LogP contribution is -2.42. The van der Waals surface area contributed by atoms with Gasteiger partial charge < -0.3 is 15.3 Å². The van der Waals surface area contributed by atoms with Gasteiger partial charge in [-0.25, -0.2) is 0 Å². The van der Waals surface area contributed by atoms with Crippen LogP contribution in [0.1, 0.15) is 19.8 Å². The molecule has 2 aliphatic rings. The molecule has 2 N–H and O–H groups in total. The molecule has 0 aromatic carbocycles. The van der Waals surface area contributed by atoms with Crippen LogP contribution in [0.25, 0.3) is 0 Å². The molecule has 2 heterocycles. The maximum atomic E-state index is 12.2. The van der Waals surface area contributed by atoms with E-state index in [9.17, 15) is 9.59 Å². The number of nitrogens with zero attached hydrogens (tertiary/aromatic N) is 1. The monoisotopic (exact) mass is 240 g/mol. The summed E-state index contributed by atoms with van der Waals surface area (Å²) in [6.07, 6.45) is 1.95. The second-order valence-corrected chi connectivity index (χ2v) is 5.21. The van der Waals surface area contributed by atoms with E-state index >= 15 is 0 Å². The van der Waals surface area contributed by atoms with E-state index in [0.717, 1.165) is 25.9 Å². The minimum Gasteiger partial charge on any atom is -0.481 e. The predicted octanol–water partition coefficient (Wildman–Crippen LogP) is 0.165. The molecule has 0 aliphatic carbocycles. The Morgan fingerprint density at radius 3 is 2.65 bits per heavy atom. The molecular weight excluding hydrogens is 220 g/mol. The van der Waals surface area contributed by atoms with Gasteiger partial charge in [-0.05, 0) is 25.3 Å². The average molecular weight is 240 g/mol. The van der Waals surface area contributed by atoms with Gasteiger partial charge in [-0.3, -0.25) is 9.59 Å². The van der Waals surface area contributed by atoms with Crippen molar-refractivity contribution in [1.29, 1.82) is 0 Å². The van der Waals surface area contributed by atoms with Crippen LogP contribution in [0, 0.1) is 17.8 Å². The molecular formula is C12H20N2O3. The van der Waals surface area contributed by atoms with Crippen molar-refractivity contribution in [2.45, 2.75) is 19.8 Å². The highest BCUT2D eigenvalue weighted by Gasteiger charge is 2.38. The summed E-state index contributed by atoms with van der Waals surface area (Å²) in [6, 6.07) is 0. The molecule has 0 radical (unpaired) electrons. The van der Waals surface area contributed by atoms with Crippen LogP contribution in [0.2, 0.25) is 0 Å². The number of aliphatic carboxylic acids is 1. The Kier molecular flexibility index (Phi) is 3.66. The third-order valence-corrected chi connectivity index (χ3v) is 3.89. The molecule has 0 bridgehead atoms. The van der Waals surface area contributed by atoms with E-state index in [1.807, 2.05) is 6.92 Å². The number of carboxylic acid groups (broad SMARTS) is 1. The van der Waals surface area contributed by atoms with E-state index in [4.69, 9.17) is 5.11 Å². The molecule has 96 valence electrons. The van der Waals surface area contributed by atoms with Crippen LogP contribution in [-0.2, 0) is 9.59 Å². The van der Waals surface area contributed by atoms with Crippen LogP contribution in [0.15, 0.2) is 0 Å². The minimum atomic E-state index is -0.783. The van der Waals surface area contributed by atoms with E-state index in [1.165, 1.54) is 0 Å². The van der Waals surface area contributed by atoms with E-state index in [1.54, 1.807) is 4.90 Å². The van der Waals surface area contributed by atoms with E-state index < -0.39 is 11.9 Å². The number of nitrogens with one attached hydrogen (secondary N) is 1. The van der Waals surface area contributed by atoms with Crippen molar-refractivity contribution in [3.05, 3.63) is 0 Å². The molecule has 2 fully saturated rings. The summed E-state index contributed by atoms with van der Waals surface area (Å²) in [7, 11) is 0. The van der Waals surface area contributed by atoms with Crippen molar-refractivity contribution in [3.8, 4) is 0 Å². The number of piperidine rings is 1. The summed E-state index contributed by atoms with van der Waals surface area (Å²) in [4.78, 5) is 25.0. The van der Waals surface area contributed by atoms with Crippen LogP contribution in [-0.4, -0.2) is 48.1 Å². The Morgan fingerprint density at radius 1 is 1.35 bits per heavy atom. The number of carbonyl (C=O) groups is 2. The Balaban J connectivity index is 1.94. The third-order valence-electron chi connectivity index (χ3n) is 3.89. The van der Waals surface area contributed by atoms with Crippen LogP contribution in [0.5, 0.6) is 0 Å². The lowest BCUT2D eigenvalue weighted by molar-refractivity contribution is -0.142. The Morgan fingerprint density at radius 2 is 2.12 bits per heavy atom. The number of amides is 1. The van der Waals surface area contributed by atoms with Crippen molar-refractivity contribution in [3.63, 3.8) is 0 Å². The summed E-state index contributed by atoms with van der Waals surface area (Å²) in [6.45, 7) is 4.60. The highest BCUT2D eigenvalue weighted by molar-refractivity contribution is 5.81. The fourth-order valence-electron chi connectivity index (χ4n) is 2.79. The van der Waals surface area contributed by atoms with Gasteiger partial charge in [0.15, 0.2) is 0 Å². The van der Waals surface area contributed by atoms with Gasteiger partial charge in [0.05, 0.1) is 11.8 Å². The summed E-state index contributed by atoms with van der Waals surface area (Å²) in [5.74, 6) is -0.936. The average Bonchev–Trinajstić information content (AvgIpc) is 2.71. The summed E-state index contributed by atoms with van der Waals surface area (Å²) in [5.41, 5.74) is 0. The lowest BCUT2D eigenvalue weighted by atomic mass is 9.98. The van der Waals surface area contributed by atoms with Crippen molar-refractivity contribution in [2.24, 2.45) is 17.8 Å². The lowest BCUT2D eigenvalue weighted by Gasteiger charge is -2.26. The summed E-state index contributed by atoms with van der Waals surface area (Å²) in [5, 5.41) is 12.3. The fraction of sp³-hybridized carbons (Fsp3) is 0.833. The van der Waals surface area contributed by atoms with Crippen LogP contribution >= 0.6 is 0 Å². The molecule has 0 saturated carbocycles. The smallest absolute Gasteiger partial charge is 0.308 e. The molecule has 0 aromatic rings. The molecule has 5 heteroatoms. The highest BCUT2D eigenvalue weighted by Crippen LogP contribution is 2.25. The van der Waals surface area contributed by atoms with E-state index in [2.05, 4.69) is 5.32 Å². The molecule has 1 amide bonds.